The van der Waals surface area contributed by atoms with E-state index in [4.69, 9.17) is 11.6 Å². The number of piperazine rings is 1. The highest BCUT2D eigenvalue weighted by Gasteiger charge is 2.33. The molecule has 1 fully saturated rings. The van der Waals surface area contributed by atoms with Crippen LogP contribution in [0.3, 0.4) is 0 Å². The molecule has 0 bridgehead atoms. The first-order valence-electron chi connectivity index (χ1n) is 10.7. The number of benzene rings is 2. The zero-order valence-corrected chi connectivity index (χ0v) is 18.9. The minimum absolute atomic E-state index is 0.0483. The Kier molecular flexibility index (Phi) is 7.85. The molecule has 32 heavy (non-hydrogen) atoms. The summed E-state index contributed by atoms with van der Waals surface area (Å²) in [5.41, 5.74) is 0.737. The van der Waals surface area contributed by atoms with E-state index in [1.54, 1.807) is 34.1 Å². The largest absolute Gasteiger partial charge is 0.340 e. The van der Waals surface area contributed by atoms with Gasteiger partial charge in [0.05, 0.1) is 10.6 Å². The Bertz CT molecular complexity index is 978. The predicted molar refractivity (Wildman–Crippen MR) is 121 cm³/mol. The van der Waals surface area contributed by atoms with Crippen molar-refractivity contribution in [3.8, 4) is 0 Å². The van der Waals surface area contributed by atoms with E-state index in [0.29, 0.717) is 31.7 Å². The summed E-state index contributed by atoms with van der Waals surface area (Å²) in [4.78, 5) is 41.9. The minimum Gasteiger partial charge on any atom is -0.340 e. The van der Waals surface area contributed by atoms with Gasteiger partial charge in [-0.25, -0.2) is 4.39 Å². The molecule has 1 saturated heterocycles. The molecule has 3 amide bonds. The summed E-state index contributed by atoms with van der Waals surface area (Å²) in [5.74, 6) is -1.29. The van der Waals surface area contributed by atoms with Gasteiger partial charge in [0, 0.05) is 31.7 Å². The number of hydrogen-bond donors (Lipinski definition) is 1. The summed E-state index contributed by atoms with van der Waals surface area (Å²) in [7, 11) is 0. The molecule has 170 valence electrons. The third kappa shape index (κ3) is 5.46. The van der Waals surface area contributed by atoms with Gasteiger partial charge >= 0.3 is 0 Å². The molecule has 2 unspecified atom stereocenters. The van der Waals surface area contributed by atoms with Gasteiger partial charge in [-0.05, 0) is 36.2 Å². The predicted octanol–water partition coefficient (Wildman–Crippen LogP) is 3.61. The van der Waals surface area contributed by atoms with Gasteiger partial charge in [-0.2, -0.15) is 0 Å². The quantitative estimate of drug-likeness (QED) is 0.717. The lowest BCUT2D eigenvalue weighted by atomic mass is 9.97. The van der Waals surface area contributed by atoms with E-state index in [9.17, 15) is 18.8 Å². The molecule has 8 heteroatoms. The second kappa shape index (κ2) is 10.6. The van der Waals surface area contributed by atoms with E-state index in [1.165, 1.54) is 12.1 Å². The highest BCUT2D eigenvalue weighted by Crippen LogP contribution is 2.20. The van der Waals surface area contributed by atoms with Gasteiger partial charge in [0.2, 0.25) is 5.91 Å². The van der Waals surface area contributed by atoms with E-state index < -0.39 is 11.9 Å². The Balaban J connectivity index is 1.65. The lowest BCUT2D eigenvalue weighted by Crippen LogP contribution is -2.57. The molecular weight excluding hydrogens is 433 g/mol. The molecule has 0 radical (unpaired) electrons. The zero-order valence-electron chi connectivity index (χ0n) is 18.2. The van der Waals surface area contributed by atoms with Crippen molar-refractivity contribution in [3.05, 3.63) is 70.5 Å². The van der Waals surface area contributed by atoms with Crippen LogP contribution in [0.25, 0.3) is 0 Å². The maximum Gasteiger partial charge on any atom is 0.255 e. The van der Waals surface area contributed by atoms with Crippen LogP contribution >= 0.6 is 11.6 Å². The van der Waals surface area contributed by atoms with Gasteiger partial charge in [0.15, 0.2) is 0 Å². The smallest absolute Gasteiger partial charge is 0.255 e. The number of amides is 3. The fourth-order valence-corrected chi connectivity index (χ4v) is 3.91. The average Bonchev–Trinajstić information content (AvgIpc) is 2.81. The van der Waals surface area contributed by atoms with Crippen molar-refractivity contribution in [2.24, 2.45) is 5.92 Å². The molecule has 0 spiro atoms. The van der Waals surface area contributed by atoms with Crippen LogP contribution in [0.5, 0.6) is 0 Å². The highest BCUT2D eigenvalue weighted by molar-refractivity contribution is 6.33. The van der Waals surface area contributed by atoms with Crippen LogP contribution in [-0.4, -0.2) is 59.7 Å². The monoisotopic (exact) mass is 459 g/mol. The first kappa shape index (κ1) is 23.7. The molecule has 1 aliphatic rings. The number of rotatable bonds is 6. The summed E-state index contributed by atoms with van der Waals surface area (Å²) in [6.45, 7) is 5.26. The first-order valence-corrected chi connectivity index (χ1v) is 11.1. The number of nitrogens with zero attached hydrogens (tertiary/aromatic N) is 2. The Labute approximate surface area is 192 Å². The Morgan fingerprint density at radius 2 is 1.66 bits per heavy atom. The number of halogens is 2. The molecule has 1 N–H and O–H groups in total. The Morgan fingerprint density at radius 1 is 1.03 bits per heavy atom. The fraction of sp³-hybridized carbons (Fsp3) is 0.375. The van der Waals surface area contributed by atoms with Crippen LogP contribution in [0.15, 0.2) is 48.5 Å². The number of carbonyl (C=O) groups excluding carboxylic acids is 3. The normalized spacial score (nSPS) is 15.8. The van der Waals surface area contributed by atoms with Crippen molar-refractivity contribution in [1.82, 2.24) is 15.1 Å². The number of carbonyl (C=O) groups is 3. The molecule has 2 aromatic rings. The van der Waals surface area contributed by atoms with Crippen LogP contribution in [0.1, 0.15) is 41.0 Å². The summed E-state index contributed by atoms with van der Waals surface area (Å²) in [6.07, 6.45) is 0.729. The molecule has 6 nitrogen and oxygen atoms in total. The second-order valence-corrected chi connectivity index (χ2v) is 8.35. The minimum atomic E-state index is -0.651. The van der Waals surface area contributed by atoms with Crippen LogP contribution in [0.2, 0.25) is 5.02 Å². The zero-order chi connectivity index (χ0) is 23.3. The van der Waals surface area contributed by atoms with Crippen molar-refractivity contribution in [3.63, 3.8) is 0 Å². The van der Waals surface area contributed by atoms with E-state index in [1.807, 2.05) is 19.9 Å². The average molecular weight is 460 g/mol. The highest BCUT2D eigenvalue weighted by atomic mass is 35.5. The number of hydrogen-bond acceptors (Lipinski definition) is 3. The van der Waals surface area contributed by atoms with Crippen LogP contribution in [-0.2, 0) is 4.79 Å². The molecule has 3 rings (SSSR count). The van der Waals surface area contributed by atoms with E-state index in [-0.39, 0.29) is 34.2 Å². The molecule has 1 aliphatic heterocycles. The fourth-order valence-electron chi connectivity index (χ4n) is 3.66. The lowest BCUT2D eigenvalue weighted by Gasteiger charge is -2.37. The first-order chi connectivity index (χ1) is 15.3. The maximum absolute atomic E-state index is 13.3. The van der Waals surface area contributed by atoms with Gasteiger partial charge in [-0.3, -0.25) is 14.4 Å². The SMILES string of the molecule is CCC(C)C(NC(=O)c1ccccc1)C(=O)N1CCN(C(=O)c2ccc(F)cc2Cl)CC1. The van der Waals surface area contributed by atoms with Gasteiger partial charge in [0.1, 0.15) is 11.9 Å². The third-order valence-electron chi connectivity index (χ3n) is 5.84. The molecule has 1 heterocycles. The van der Waals surface area contributed by atoms with Gasteiger partial charge in [-0.1, -0.05) is 50.1 Å². The third-order valence-corrected chi connectivity index (χ3v) is 6.15. The van der Waals surface area contributed by atoms with Gasteiger partial charge in [0.25, 0.3) is 11.8 Å². The van der Waals surface area contributed by atoms with Crippen LogP contribution in [0.4, 0.5) is 4.39 Å². The van der Waals surface area contributed by atoms with Crippen molar-refractivity contribution < 1.29 is 18.8 Å². The summed E-state index contributed by atoms with van der Waals surface area (Å²) >= 11 is 6.02. The van der Waals surface area contributed by atoms with Crippen LogP contribution in [0, 0.1) is 11.7 Å². The van der Waals surface area contributed by atoms with Crippen LogP contribution < -0.4 is 5.32 Å². The summed E-state index contributed by atoms with van der Waals surface area (Å²) in [6, 6.07) is 11.8. The van der Waals surface area contributed by atoms with Gasteiger partial charge in [-0.15, -0.1) is 0 Å². The lowest BCUT2D eigenvalue weighted by molar-refractivity contribution is -0.136. The molecule has 0 aromatic heterocycles. The number of nitrogens with one attached hydrogen (secondary N) is 1. The maximum atomic E-state index is 13.3. The van der Waals surface area contributed by atoms with E-state index in [2.05, 4.69) is 5.32 Å². The second-order valence-electron chi connectivity index (χ2n) is 7.94. The standard InChI is InChI=1S/C24H27ClFN3O3/c1-3-16(2)21(27-22(30)17-7-5-4-6-8-17)24(32)29-13-11-28(12-14-29)23(31)19-10-9-18(26)15-20(19)25/h4-10,15-16,21H,3,11-14H2,1-2H3,(H,27,30). The topological polar surface area (TPSA) is 69.7 Å². The Morgan fingerprint density at radius 3 is 2.25 bits per heavy atom. The molecule has 2 aromatic carbocycles. The van der Waals surface area contributed by atoms with Crippen molar-refractivity contribution in [2.45, 2.75) is 26.3 Å². The van der Waals surface area contributed by atoms with Crippen molar-refractivity contribution in [1.29, 1.82) is 0 Å². The van der Waals surface area contributed by atoms with E-state index in [0.717, 1.165) is 12.5 Å². The Hall–Kier alpha value is -2.93. The molecule has 0 aliphatic carbocycles. The molecule has 2 atom stereocenters. The molecule has 0 saturated carbocycles. The molecular formula is C24H27ClFN3O3. The van der Waals surface area contributed by atoms with Crippen molar-refractivity contribution >= 4 is 29.3 Å². The van der Waals surface area contributed by atoms with Crippen molar-refractivity contribution in [2.75, 3.05) is 26.2 Å². The summed E-state index contributed by atoms with van der Waals surface area (Å²) < 4.78 is 13.3. The van der Waals surface area contributed by atoms with E-state index >= 15 is 0 Å². The van der Waals surface area contributed by atoms with Gasteiger partial charge < -0.3 is 15.1 Å². The summed E-state index contributed by atoms with van der Waals surface area (Å²) in [5, 5.41) is 2.95.